The predicted octanol–water partition coefficient (Wildman–Crippen LogP) is 6.74. The zero-order chi connectivity index (χ0) is 29.3. The quantitative estimate of drug-likeness (QED) is 0.394. The number of amides is 1. The van der Waals surface area contributed by atoms with E-state index in [-0.39, 0.29) is 5.91 Å². The molecule has 2 aromatic carbocycles. The number of nitrogens with two attached hydrogens (primary N) is 1. The van der Waals surface area contributed by atoms with Gasteiger partial charge < -0.3 is 25.0 Å². The van der Waals surface area contributed by atoms with Crippen molar-refractivity contribution in [1.29, 1.82) is 0 Å². The SMILES string of the molecule is C/C=C\c1ccc(C(N)=O)cc1C.CCC.CCC1CCN(CCc2c(OC)cccc2N2CCOCC2)CC1. The second-order valence-corrected chi connectivity index (χ2v) is 10.6. The molecule has 0 saturated carbocycles. The number of allylic oxidation sites excluding steroid dienone is 1. The van der Waals surface area contributed by atoms with Crippen LogP contribution in [0.15, 0.2) is 42.5 Å². The van der Waals surface area contributed by atoms with Crippen molar-refractivity contribution in [3.05, 3.63) is 64.7 Å². The predicted molar refractivity (Wildman–Crippen MR) is 170 cm³/mol. The van der Waals surface area contributed by atoms with Gasteiger partial charge in [0.05, 0.1) is 20.3 Å². The van der Waals surface area contributed by atoms with E-state index in [1.54, 1.807) is 19.2 Å². The van der Waals surface area contributed by atoms with Crippen LogP contribution in [0.1, 0.15) is 80.4 Å². The van der Waals surface area contributed by atoms with Gasteiger partial charge in [0.25, 0.3) is 0 Å². The summed E-state index contributed by atoms with van der Waals surface area (Å²) in [5.74, 6) is 1.59. The van der Waals surface area contributed by atoms with Gasteiger partial charge in [-0.1, -0.05) is 57.9 Å². The number of aryl methyl sites for hydroxylation is 1. The molecule has 0 aliphatic carbocycles. The van der Waals surface area contributed by atoms with Crippen molar-refractivity contribution in [2.45, 2.75) is 66.7 Å². The number of hydrogen-bond acceptors (Lipinski definition) is 5. The maximum Gasteiger partial charge on any atom is 0.248 e. The Bertz CT molecular complexity index is 1040. The molecule has 0 unspecified atom stereocenters. The van der Waals surface area contributed by atoms with Crippen molar-refractivity contribution in [3.8, 4) is 5.75 Å². The van der Waals surface area contributed by atoms with Gasteiger partial charge in [-0.05, 0) is 87.5 Å². The van der Waals surface area contributed by atoms with Crippen LogP contribution in [0, 0.1) is 12.8 Å². The summed E-state index contributed by atoms with van der Waals surface area (Å²) in [7, 11) is 1.79. The van der Waals surface area contributed by atoms with Gasteiger partial charge in [0.1, 0.15) is 5.75 Å². The van der Waals surface area contributed by atoms with Crippen molar-refractivity contribution >= 4 is 17.7 Å². The molecule has 0 bridgehead atoms. The van der Waals surface area contributed by atoms with Gasteiger partial charge in [-0.25, -0.2) is 0 Å². The minimum Gasteiger partial charge on any atom is -0.496 e. The van der Waals surface area contributed by atoms with Gasteiger partial charge in [-0.2, -0.15) is 0 Å². The molecular formula is C34H53N3O3. The fourth-order valence-corrected chi connectivity index (χ4v) is 5.18. The topological polar surface area (TPSA) is 68.0 Å². The molecule has 2 heterocycles. The molecule has 0 aromatic heterocycles. The number of ether oxygens (including phenoxy) is 2. The number of methoxy groups -OCH3 is 1. The number of primary amides is 1. The second-order valence-electron chi connectivity index (χ2n) is 10.6. The van der Waals surface area contributed by atoms with E-state index >= 15 is 0 Å². The van der Waals surface area contributed by atoms with E-state index in [0.29, 0.717) is 5.56 Å². The fourth-order valence-electron chi connectivity index (χ4n) is 5.18. The summed E-state index contributed by atoms with van der Waals surface area (Å²) in [6.07, 6.45) is 10.3. The average Bonchev–Trinajstić information content (AvgIpc) is 2.98. The first-order valence-electron chi connectivity index (χ1n) is 15.1. The third-order valence-corrected chi connectivity index (χ3v) is 7.54. The zero-order valence-electron chi connectivity index (χ0n) is 25.9. The molecule has 0 spiro atoms. The van der Waals surface area contributed by atoms with E-state index in [9.17, 15) is 4.79 Å². The Balaban J connectivity index is 0.000000295. The minimum atomic E-state index is -0.380. The third-order valence-electron chi connectivity index (χ3n) is 7.54. The van der Waals surface area contributed by atoms with Crippen LogP contribution in [-0.2, 0) is 11.2 Å². The lowest BCUT2D eigenvalue weighted by atomic mass is 9.94. The Morgan fingerprint density at radius 1 is 1.07 bits per heavy atom. The summed E-state index contributed by atoms with van der Waals surface area (Å²) in [5.41, 5.74) is 10.6. The van der Waals surface area contributed by atoms with Crippen molar-refractivity contribution < 1.29 is 14.3 Å². The maximum atomic E-state index is 10.8. The minimum absolute atomic E-state index is 0.380. The van der Waals surface area contributed by atoms with Crippen LogP contribution < -0.4 is 15.4 Å². The molecule has 2 aromatic rings. The molecule has 222 valence electrons. The van der Waals surface area contributed by atoms with Crippen LogP contribution in [0.3, 0.4) is 0 Å². The third kappa shape index (κ3) is 10.6. The van der Waals surface area contributed by atoms with Crippen LogP contribution in [-0.4, -0.2) is 63.9 Å². The average molecular weight is 552 g/mol. The number of piperidine rings is 1. The Morgan fingerprint density at radius 2 is 1.75 bits per heavy atom. The molecule has 6 nitrogen and oxygen atoms in total. The normalized spacial score (nSPS) is 16.1. The number of morpholine rings is 1. The van der Waals surface area contributed by atoms with Gasteiger partial charge in [0.2, 0.25) is 5.91 Å². The summed E-state index contributed by atoms with van der Waals surface area (Å²) in [4.78, 5) is 15.9. The monoisotopic (exact) mass is 551 g/mol. The molecular weight excluding hydrogens is 498 g/mol. The van der Waals surface area contributed by atoms with Crippen molar-refractivity contribution in [1.82, 2.24) is 4.90 Å². The lowest BCUT2D eigenvalue weighted by Gasteiger charge is -2.33. The van der Waals surface area contributed by atoms with Gasteiger partial charge in [0.15, 0.2) is 0 Å². The number of rotatable bonds is 8. The smallest absolute Gasteiger partial charge is 0.248 e. The first-order chi connectivity index (χ1) is 19.4. The molecule has 2 fully saturated rings. The molecule has 0 radical (unpaired) electrons. The van der Waals surface area contributed by atoms with Crippen molar-refractivity contribution in [2.24, 2.45) is 11.7 Å². The van der Waals surface area contributed by atoms with E-state index in [1.807, 2.05) is 32.1 Å². The highest BCUT2D eigenvalue weighted by atomic mass is 16.5. The van der Waals surface area contributed by atoms with E-state index < -0.39 is 0 Å². The standard InChI is InChI=1S/C20H32N2O2.C11H13NO.C3H8/c1-3-17-7-10-21(11-8-17)12-9-18-19(5-4-6-20(18)23-2)22-13-15-24-16-14-22;1-3-4-9-5-6-10(11(12)13)7-8(9)2;1-3-2/h4-6,17H,3,7-16H2,1-2H3;3-7H,1-2H3,(H2,12,13);3H2,1-2H3/b;4-3-;. The van der Waals surface area contributed by atoms with Crippen LogP contribution >= 0.6 is 0 Å². The number of anilines is 1. The molecule has 2 saturated heterocycles. The van der Waals surface area contributed by atoms with Crippen LogP contribution in [0.2, 0.25) is 0 Å². The number of benzene rings is 2. The molecule has 0 atom stereocenters. The molecule has 2 N–H and O–H groups in total. The summed E-state index contributed by atoms with van der Waals surface area (Å²) in [5, 5.41) is 0. The highest BCUT2D eigenvalue weighted by molar-refractivity contribution is 5.93. The molecule has 2 aliphatic rings. The van der Waals surface area contributed by atoms with Crippen LogP contribution in [0.25, 0.3) is 6.08 Å². The second kappa shape index (κ2) is 18.5. The first kappa shape index (κ1) is 33.4. The van der Waals surface area contributed by atoms with Gasteiger partial charge in [0, 0.05) is 36.4 Å². The molecule has 2 aliphatic heterocycles. The van der Waals surface area contributed by atoms with E-state index in [1.165, 1.54) is 50.0 Å². The first-order valence-corrected chi connectivity index (χ1v) is 15.1. The van der Waals surface area contributed by atoms with Gasteiger partial charge in [-0.15, -0.1) is 0 Å². The van der Waals surface area contributed by atoms with E-state index in [0.717, 1.165) is 62.1 Å². The number of carbonyl (C=O) groups excluding carboxylic acids is 1. The highest BCUT2D eigenvalue weighted by Gasteiger charge is 2.21. The summed E-state index contributed by atoms with van der Waals surface area (Å²) in [6, 6.07) is 11.9. The number of hydrogen-bond donors (Lipinski definition) is 1. The Labute approximate surface area is 243 Å². The highest BCUT2D eigenvalue weighted by Crippen LogP contribution is 2.31. The maximum absolute atomic E-state index is 10.8. The van der Waals surface area contributed by atoms with Crippen molar-refractivity contribution in [2.75, 3.05) is 57.9 Å². The number of likely N-dealkylation sites (tertiary alicyclic amines) is 1. The number of nitrogens with zero attached hydrogens (tertiary/aromatic N) is 2. The van der Waals surface area contributed by atoms with Crippen molar-refractivity contribution in [3.63, 3.8) is 0 Å². The lowest BCUT2D eigenvalue weighted by molar-refractivity contribution is 0.1000. The molecule has 40 heavy (non-hydrogen) atoms. The molecule has 6 heteroatoms. The molecule has 1 amide bonds. The number of carbonyl (C=O) groups is 1. The molecule has 4 rings (SSSR count). The van der Waals surface area contributed by atoms with Gasteiger partial charge >= 0.3 is 0 Å². The summed E-state index contributed by atoms with van der Waals surface area (Å²) >= 11 is 0. The van der Waals surface area contributed by atoms with Crippen LogP contribution in [0.4, 0.5) is 5.69 Å². The zero-order valence-corrected chi connectivity index (χ0v) is 25.9. The summed E-state index contributed by atoms with van der Waals surface area (Å²) in [6.45, 7) is 17.7. The largest absolute Gasteiger partial charge is 0.496 e. The Kier molecular flexibility index (Phi) is 15.4. The van der Waals surface area contributed by atoms with Gasteiger partial charge in [-0.3, -0.25) is 4.79 Å². The summed E-state index contributed by atoms with van der Waals surface area (Å²) < 4.78 is 11.2. The van der Waals surface area contributed by atoms with Crippen LogP contribution in [0.5, 0.6) is 5.75 Å². The lowest BCUT2D eigenvalue weighted by Crippen LogP contribution is -2.37. The Morgan fingerprint density at radius 3 is 2.30 bits per heavy atom. The fraction of sp³-hybridized carbons (Fsp3) is 0.559. The Hall–Kier alpha value is -2.83. The van der Waals surface area contributed by atoms with E-state index in [4.69, 9.17) is 15.2 Å². The van der Waals surface area contributed by atoms with E-state index in [2.05, 4.69) is 48.8 Å².